The molecule has 1 heterocycles. The Morgan fingerprint density at radius 2 is 1.75 bits per heavy atom. The summed E-state index contributed by atoms with van der Waals surface area (Å²) in [7, 11) is 0. The Balaban J connectivity index is 1.49. The number of ketones is 1. The fourth-order valence-electron chi connectivity index (χ4n) is 4.56. The SMILES string of the molecule is C=C(C)COC(=O)C(c1ccccc1)[C@@H]1C(=O)C=C2CN(C(=O)Oc3ccc(OC(F)(F)F)cc3)CCC2=C1O. The number of benzene rings is 2. The maximum absolute atomic E-state index is 13.3. The predicted octanol–water partition coefficient (Wildman–Crippen LogP) is 5.63. The number of fused-ring (bicyclic) bond motifs is 1. The normalized spacial score (nSPS) is 17.9. The number of rotatable bonds is 7. The number of amides is 1. The Morgan fingerprint density at radius 1 is 1.10 bits per heavy atom. The molecular formula is C29H26F3NO7. The smallest absolute Gasteiger partial charge is 0.511 e. The molecule has 1 amide bonds. The molecule has 2 aliphatic rings. The van der Waals surface area contributed by atoms with Crippen LogP contribution in [0.5, 0.6) is 11.5 Å². The monoisotopic (exact) mass is 557 g/mol. The lowest BCUT2D eigenvalue weighted by molar-refractivity contribution is -0.274. The van der Waals surface area contributed by atoms with Crippen molar-refractivity contribution in [3.05, 3.63) is 95.3 Å². The molecule has 0 saturated carbocycles. The number of aliphatic hydroxyl groups is 1. The van der Waals surface area contributed by atoms with E-state index in [-0.39, 0.29) is 37.6 Å². The van der Waals surface area contributed by atoms with Gasteiger partial charge in [-0.15, -0.1) is 13.2 Å². The maximum atomic E-state index is 13.3. The third-order valence-corrected chi connectivity index (χ3v) is 6.33. The van der Waals surface area contributed by atoms with Gasteiger partial charge in [0.25, 0.3) is 0 Å². The van der Waals surface area contributed by atoms with Crippen LogP contribution in [0.25, 0.3) is 0 Å². The molecule has 4 rings (SSSR count). The number of aliphatic hydroxyl groups excluding tert-OH is 1. The second-order valence-corrected chi connectivity index (χ2v) is 9.43. The molecular weight excluding hydrogens is 531 g/mol. The molecule has 1 saturated heterocycles. The molecule has 2 aromatic carbocycles. The van der Waals surface area contributed by atoms with E-state index in [1.165, 1.54) is 11.0 Å². The lowest BCUT2D eigenvalue weighted by Crippen LogP contribution is -2.42. The van der Waals surface area contributed by atoms with Gasteiger partial charge in [-0.3, -0.25) is 9.59 Å². The minimum Gasteiger partial charge on any atom is -0.511 e. The van der Waals surface area contributed by atoms with Crippen molar-refractivity contribution in [1.82, 2.24) is 4.90 Å². The van der Waals surface area contributed by atoms with Crippen molar-refractivity contribution in [1.29, 1.82) is 0 Å². The third-order valence-electron chi connectivity index (χ3n) is 6.33. The standard InChI is InChI=1S/C29H26F3NO7/c1-17(2)16-38-27(36)24(18-6-4-3-5-7-18)25-23(34)14-19-15-33(13-12-22(19)26(25)35)28(37)39-20-8-10-21(11-9-20)40-29(30,31)32/h3-11,14,24-25,35H,1,12-13,15-16H2,2H3/t24?,25-/m0/s1. The summed E-state index contributed by atoms with van der Waals surface area (Å²) in [4.78, 5) is 40.4. The Bertz CT molecular complexity index is 1360. The first kappa shape index (κ1) is 28.5. The number of ether oxygens (including phenoxy) is 3. The van der Waals surface area contributed by atoms with Crippen molar-refractivity contribution in [3.8, 4) is 11.5 Å². The molecule has 1 unspecified atom stereocenters. The molecule has 11 heteroatoms. The first-order valence-corrected chi connectivity index (χ1v) is 12.3. The Morgan fingerprint density at radius 3 is 2.38 bits per heavy atom. The lowest BCUT2D eigenvalue weighted by atomic mass is 9.75. The average molecular weight is 558 g/mol. The molecule has 1 N–H and O–H groups in total. The van der Waals surface area contributed by atoms with Gasteiger partial charge in [0.15, 0.2) is 5.78 Å². The molecule has 2 atom stereocenters. The van der Waals surface area contributed by atoms with E-state index in [9.17, 15) is 32.7 Å². The van der Waals surface area contributed by atoms with Crippen LogP contribution < -0.4 is 9.47 Å². The largest absolute Gasteiger partial charge is 0.573 e. The van der Waals surface area contributed by atoms with Gasteiger partial charge in [0.05, 0.1) is 11.8 Å². The number of esters is 1. The number of hydrogen-bond acceptors (Lipinski definition) is 7. The molecule has 0 spiro atoms. The van der Waals surface area contributed by atoms with Crippen LogP contribution in [0.3, 0.4) is 0 Å². The molecule has 0 bridgehead atoms. The first-order chi connectivity index (χ1) is 18.9. The van der Waals surface area contributed by atoms with Crippen LogP contribution >= 0.6 is 0 Å². The van der Waals surface area contributed by atoms with Gasteiger partial charge in [0.2, 0.25) is 0 Å². The average Bonchev–Trinajstić information content (AvgIpc) is 2.90. The van der Waals surface area contributed by atoms with E-state index in [0.717, 1.165) is 24.3 Å². The molecule has 210 valence electrons. The Kier molecular flexibility index (Phi) is 8.32. The molecule has 0 radical (unpaired) electrons. The van der Waals surface area contributed by atoms with Crippen molar-refractivity contribution in [3.63, 3.8) is 0 Å². The summed E-state index contributed by atoms with van der Waals surface area (Å²) >= 11 is 0. The van der Waals surface area contributed by atoms with Crippen molar-refractivity contribution >= 4 is 17.8 Å². The summed E-state index contributed by atoms with van der Waals surface area (Å²) in [5, 5.41) is 11.2. The van der Waals surface area contributed by atoms with E-state index in [2.05, 4.69) is 11.3 Å². The van der Waals surface area contributed by atoms with E-state index >= 15 is 0 Å². The van der Waals surface area contributed by atoms with Crippen molar-refractivity contribution in [2.45, 2.75) is 25.6 Å². The summed E-state index contributed by atoms with van der Waals surface area (Å²) in [5.41, 5.74) is 1.97. The van der Waals surface area contributed by atoms with Crippen molar-refractivity contribution in [2.75, 3.05) is 19.7 Å². The van der Waals surface area contributed by atoms with E-state index in [1.807, 2.05) is 0 Å². The van der Waals surface area contributed by atoms with Gasteiger partial charge in [-0.1, -0.05) is 36.9 Å². The van der Waals surface area contributed by atoms with Crippen LogP contribution in [0.2, 0.25) is 0 Å². The molecule has 1 aliphatic carbocycles. The molecule has 0 aromatic heterocycles. The number of allylic oxidation sites excluding steroid dienone is 2. The van der Waals surface area contributed by atoms with Gasteiger partial charge in [-0.25, -0.2) is 4.79 Å². The van der Waals surface area contributed by atoms with Crippen molar-refractivity contribution < 1.29 is 46.9 Å². The maximum Gasteiger partial charge on any atom is 0.573 e. The highest BCUT2D eigenvalue weighted by atomic mass is 19.4. The van der Waals surface area contributed by atoms with Gasteiger partial charge in [-0.05, 0) is 66.0 Å². The summed E-state index contributed by atoms with van der Waals surface area (Å²) in [6.45, 7) is 5.46. The van der Waals surface area contributed by atoms with Crippen molar-refractivity contribution in [2.24, 2.45) is 5.92 Å². The van der Waals surface area contributed by atoms with Gasteiger partial charge in [-0.2, -0.15) is 0 Å². The van der Waals surface area contributed by atoms with E-state index in [1.54, 1.807) is 37.3 Å². The minimum atomic E-state index is -4.85. The first-order valence-electron chi connectivity index (χ1n) is 12.3. The zero-order valence-electron chi connectivity index (χ0n) is 21.4. The third kappa shape index (κ3) is 6.71. The van der Waals surface area contributed by atoms with Crippen LogP contribution in [0.15, 0.2) is 89.7 Å². The highest BCUT2D eigenvalue weighted by Crippen LogP contribution is 2.40. The van der Waals surface area contributed by atoms with Crippen LogP contribution in [0.1, 0.15) is 24.8 Å². The number of carbonyl (C=O) groups is 3. The van der Waals surface area contributed by atoms with E-state index < -0.39 is 41.8 Å². The highest BCUT2D eigenvalue weighted by molar-refractivity contribution is 6.01. The second-order valence-electron chi connectivity index (χ2n) is 9.43. The summed E-state index contributed by atoms with van der Waals surface area (Å²) in [6.07, 6.45) is -4.15. The van der Waals surface area contributed by atoms with E-state index in [0.29, 0.717) is 22.3 Å². The van der Waals surface area contributed by atoms with Crippen LogP contribution in [0, 0.1) is 5.92 Å². The van der Waals surface area contributed by atoms with E-state index in [4.69, 9.17) is 9.47 Å². The lowest BCUT2D eigenvalue weighted by Gasteiger charge is -2.35. The number of alkyl halides is 3. The second kappa shape index (κ2) is 11.7. The molecule has 1 aliphatic heterocycles. The zero-order valence-corrected chi connectivity index (χ0v) is 21.4. The van der Waals surface area contributed by atoms with Crippen LogP contribution in [-0.4, -0.2) is 53.9 Å². The summed E-state index contributed by atoms with van der Waals surface area (Å²) < 4.78 is 51.5. The highest BCUT2D eigenvalue weighted by Gasteiger charge is 2.43. The number of hydrogen-bond donors (Lipinski definition) is 1. The summed E-state index contributed by atoms with van der Waals surface area (Å²) in [5.74, 6) is -4.21. The fourth-order valence-corrected chi connectivity index (χ4v) is 4.56. The Labute approximate surface area is 227 Å². The van der Waals surface area contributed by atoms with Crippen LogP contribution in [0.4, 0.5) is 18.0 Å². The Hall–Kier alpha value is -4.54. The molecule has 2 aromatic rings. The molecule has 40 heavy (non-hydrogen) atoms. The van der Waals surface area contributed by atoms with Crippen LogP contribution in [-0.2, 0) is 14.3 Å². The minimum absolute atomic E-state index is 0.00329. The number of carbonyl (C=O) groups excluding carboxylic acids is 3. The molecule has 1 fully saturated rings. The van der Waals surface area contributed by atoms with Gasteiger partial charge in [0.1, 0.15) is 23.9 Å². The van der Waals surface area contributed by atoms with Gasteiger partial charge < -0.3 is 24.2 Å². The molecule has 8 nitrogen and oxygen atoms in total. The fraction of sp³-hybridized carbons (Fsp3) is 0.276. The quantitative estimate of drug-likeness (QED) is 0.348. The number of likely N-dealkylation sites (tertiary alicyclic amines) is 1. The zero-order chi connectivity index (χ0) is 29.0. The van der Waals surface area contributed by atoms with Gasteiger partial charge >= 0.3 is 18.4 Å². The van der Waals surface area contributed by atoms with Gasteiger partial charge in [0, 0.05) is 13.1 Å². The predicted molar refractivity (Wildman–Crippen MR) is 137 cm³/mol. The summed E-state index contributed by atoms with van der Waals surface area (Å²) in [6, 6.07) is 12.9. The number of nitrogens with zero attached hydrogens (tertiary/aromatic N) is 1. The topological polar surface area (TPSA) is 102 Å². The number of piperidine rings is 1. The number of halogens is 3.